The van der Waals surface area contributed by atoms with Crippen LogP contribution < -0.4 is 0 Å². The minimum Gasteiger partial charge on any atom is -0.293 e. The van der Waals surface area contributed by atoms with E-state index in [0.717, 1.165) is 5.56 Å². The predicted molar refractivity (Wildman–Crippen MR) is 58.9 cm³/mol. The summed E-state index contributed by atoms with van der Waals surface area (Å²) in [6.45, 7) is 1.91. The summed E-state index contributed by atoms with van der Waals surface area (Å²) in [5.74, 6) is -0.222. The molecule has 0 aliphatic heterocycles. The van der Waals surface area contributed by atoms with Gasteiger partial charge >= 0.3 is 0 Å². The Hall–Kier alpha value is -0.0500. The van der Waals surface area contributed by atoms with Crippen LogP contribution in [0.1, 0.15) is 15.9 Å². The van der Waals surface area contributed by atoms with Gasteiger partial charge in [0.2, 0.25) is 0 Å². The summed E-state index contributed by atoms with van der Waals surface area (Å²) in [6.07, 6.45) is 0. The number of carbonyl (C=O) groups is 1. The van der Waals surface area contributed by atoms with Gasteiger partial charge in [0.1, 0.15) is 0 Å². The van der Waals surface area contributed by atoms with Crippen LogP contribution in [-0.2, 0) is 0 Å². The first-order valence-electron chi connectivity index (χ1n) is 3.61. The third-order valence-electron chi connectivity index (χ3n) is 1.59. The van der Waals surface area contributed by atoms with E-state index < -0.39 is 0 Å². The fourth-order valence-electron chi connectivity index (χ4n) is 1.03. The van der Waals surface area contributed by atoms with Crippen molar-refractivity contribution in [1.29, 1.82) is 0 Å². The molecule has 0 heterocycles. The van der Waals surface area contributed by atoms with Crippen LogP contribution in [0.15, 0.2) is 16.6 Å². The van der Waals surface area contributed by atoms with Crippen molar-refractivity contribution in [2.75, 3.05) is 5.88 Å². The fourth-order valence-corrected chi connectivity index (χ4v) is 2.46. The zero-order valence-electron chi connectivity index (χ0n) is 6.90. The number of benzene rings is 1. The van der Waals surface area contributed by atoms with Crippen LogP contribution >= 0.6 is 39.1 Å². The smallest absolute Gasteiger partial charge is 0.180 e. The van der Waals surface area contributed by atoms with E-state index in [1.807, 2.05) is 13.0 Å². The maximum atomic E-state index is 11.3. The number of hydrogen-bond donors (Lipinski definition) is 0. The second kappa shape index (κ2) is 4.45. The van der Waals surface area contributed by atoms with Gasteiger partial charge in [-0.05, 0) is 40.5 Å². The molecule has 70 valence electrons. The Morgan fingerprint density at radius 1 is 1.54 bits per heavy atom. The molecule has 0 radical (unpaired) electrons. The molecule has 13 heavy (non-hydrogen) atoms. The molecule has 1 rings (SSSR count). The van der Waals surface area contributed by atoms with Gasteiger partial charge in [0, 0.05) is 4.47 Å². The zero-order valence-corrected chi connectivity index (χ0v) is 10.0. The van der Waals surface area contributed by atoms with Crippen molar-refractivity contribution in [3.63, 3.8) is 0 Å². The Bertz CT molecular complexity index is 326. The van der Waals surface area contributed by atoms with Crippen molar-refractivity contribution < 1.29 is 4.79 Å². The largest absolute Gasteiger partial charge is 0.293 e. The Balaban J connectivity index is 3.28. The first-order chi connectivity index (χ1) is 6.06. The summed E-state index contributed by atoms with van der Waals surface area (Å²) in [5.41, 5.74) is 1.46. The number of alkyl halides is 1. The molecule has 1 aromatic rings. The maximum absolute atomic E-state index is 11.3. The standard InChI is InChI=1S/C9H7BrCl2O/c1-5-2-6(10)9(7(12)3-5)8(13)4-11/h2-3H,4H2,1H3. The van der Waals surface area contributed by atoms with E-state index in [0.29, 0.717) is 15.1 Å². The predicted octanol–water partition coefficient (Wildman–Crippen LogP) is 3.83. The highest BCUT2D eigenvalue weighted by Crippen LogP contribution is 2.27. The molecule has 0 spiro atoms. The van der Waals surface area contributed by atoms with E-state index in [1.165, 1.54) is 0 Å². The molecule has 0 amide bonds. The quantitative estimate of drug-likeness (QED) is 0.595. The van der Waals surface area contributed by atoms with E-state index in [-0.39, 0.29) is 11.7 Å². The van der Waals surface area contributed by atoms with Crippen molar-refractivity contribution in [3.8, 4) is 0 Å². The Morgan fingerprint density at radius 2 is 2.15 bits per heavy atom. The van der Waals surface area contributed by atoms with Gasteiger partial charge in [-0.1, -0.05) is 11.6 Å². The van der Waals surface area contributed by atoms with Crippen molar-refractivity contribution in [2.45, 2.75) is 6.92 Å². The molecule has 0 fully saturated rings. The Kier molecular flexibility index (Phi) is 3.77. The molecule has 1 aromatic carbocycles. The van der Waals surface area contributed by atoms with Gasteiger partial charge in [-0.3, -0.25) is 4.79 Å². The topological polar surface area (TPSA) is 17.1 Å². The van der Waals surface area contributed by atoms with Crippen LogP contribution in [0.25, 0.3) is 0 Å². The molecule has 1 nitrogen and oxygen atoms in total. The first-order valence-corrected chi connectivity index (χ1v) is 5.31. The minimum atomic E-state index is -0.168. The highest BCUT2D eigenvalue weighted by atomic mass is 79.9. The lowest BCUT2D eigenvalue weighted by Crippen LogP contribution is -2.02. The van der Waals surface area contributed by atoms with E-state index in [1.54, 1.807) is 6.07 Å². The molecule has 0 aliphatic rings. The monoisotopic (exact) mass is 280 g/mol. The molecule has 0 bridgehead atoms. The third kappa shape index (κ3) is 2.46. The van der Waals surface area contributed by atoms with Crippen LogP contribution in [0.5, 0.6) is 0 Å². The van der Waals surface area contributed by atoms with Crippen molar-refractivity contribution in [3.05, 3.63) is 32.8 Å². The van der Waals surface area contributed by atoms with Crippen LogP contribution in [0.2, 0.25) is 5.02 Å². The SMILES string of the molecule is Cc1cc(Cl)c(C(=O)CCl)c(Br)c1. The Labute approximate surface area is 95.2 Å². The van der Waals surface area contributed by atoms with Gasteiger partial charge in [-0.25, -0.2) is 0 Å². The molecule has 0 N–H and O–H groups in total. The van der Waals surface area contributed by atoms with E-state index in [9.17, 15) is 4.79 Å². The molecule has 0 atom stereocenters. The van der Waals surface area contributed by atoms with Crippen molar-refractivity contribution >= 4 is 44.9 Å². The lowest BCUT2D eigenvalue weighted by atomic mass is 10.1. The van der Waals surface area contributed by atoms with Crippen LogP contribution in [0.3, 0.4) is 0 Å². The Morgan fingerprint density at radius 3 is 2.62 bits per heavy atom. The average Bonchev–Trinajstić information content (AvgIpc) is 2.02. The summed E-state index contributed by atoms with van der Waals surface area (Å²) >= 11 is 14.6. The number of carbonyl (C=O) groups excluding carboxylic acids is 1. The highest BCUT2D eigenvalue weighted by molar-refractivity contribution is 9.10. The summed E-state index contributed by atoms with van der Waals surface area (Å²) in [6, 6.07) is 3.58. The van der Waals surface area contributed by atoms with Gasteiger partial charge < -0.3 is 0 Å². The molecule has 0 saturated heterocycles. The van der Waals surface area contributed by atoms with E-state index in [4.69, 9.17) is 23.2 Å². The van der Waals surface area contributed by atoms with Crippen molar-refractivity contribution in [1.82, 2.24) is 0 Å². The third-order valence-corrected chi connectivity index (χ3v) is 2.75. The van der Waals surface area contributed by atoms with Crippen molar-refractivity contribution in [2.24, 2.45) is 0 Å². The molecule has 0 aliphatic carbocycles. The summed E-state index contributed by atoms with van der Waals surface area (Å²) < 4.78 is 0.697. The second-order valence-corrected chi connectivity index (χ2v) is 4.19. The van der Waals surface area contributed by atoms with E-state index in [2.05, 4.69) is 15.9 Å². The van der Waals surface area contributed by atoms with E-state index >= 15 is 0 Å². The van der Waals surface area contributed by atoms with Gasteiger partial charge in [-0.15, -0.1) is 11.6 Å². The lowest BCUT2D eigenvalue weighted by molar-refractivity contribution is 0.102. The molecule has 0 aromatic heterocycles. The number of aryl methyl sites for hydroxylation is 1. The average molecular weight is 282 g/mol. The molecular weight excluding hydrogens is 275 g/mol. The van der Waals surface area contributed by atoms with Crippen LogP contribution in [0.4, 0.5) is 0 Å². The van der Waals surface area contributed by atoms with Gasteiger partial charge in [0.25, 0.3) is 0 Å². The highest BCUT2D eigenvalue weighted by Gasteiger charge is 2.13. The molecule has 0 saturated carbocycles. The lowest BCUT2D eigenvalue weighted by Gasteiger charge is -2.05. The first kappa shape index (κ1) is 11.0. The molecule has 0 unspecified atom stereocenters. The zero-order chi connectivity index (χ0) is 10.0. The summed E-state index contributed by atoms with van der Waals surface area (Å²) in [7, 11) is 0. The summed E-state index contributed by atoms with van der Waals surface area (Å²) in [5, 5.41) is 0.442. The summed E-state index contributed by atoms with van der Waals surface area (Å²) in [4.78, 5) is 11.3. The normalized spacial score (nSPS) is 10.2. The number of rotatable bonds is 2. The van der Waals surface area contributed by atoms with Crippen LogP contribution in [-0.4, -0.2) is 11.7 Å². The maximum Gasteiger partial charge on any atom is 0.180 e. The number of ketones is 1. The number of hydrogen-bond acceptors (Lipinski definition) is 1. The van der Waals surface area contributed by atoms with Gasteiger partial charge in [-0.2, -0.15) is 0 Å². The molecular formula is C9H7BrCl2O. The van der Waals surface area contributed by atoms with Gasteiger partial charge in [0.15, 0.2) is 5.78 Å². The second-order valence-electron chi connectivity index (χ2n) is 2.66. The number of halogens is 3. The fraction of sp³-hybridized carbons (Fsp3) is 0.222. The number of Topliss-reactive ketones (excluding diaryl/α,β-unsaturated/α-hetero) is 1. The van der Waals surface area contributed by atoms with Gasteiger partial charge in [0.05, 0.1) is 16.5 Å². The van der Waals surface area contributed by atoms with Crippen LogP contribution in [0, 0.1) is 6.92 Å². The minimum absolute atomic E-state index is 0.0542. The molecule has 4 heteroatoms.